The largest absolute Gasteiger partial charge is 0.595 e. The fourth-order valence-electron chi connectivity index (χ4n) is 3.57. The van der Waals surface area contributed by atoms with Crippen LogP contribution in [0.15, 0.2) is 71.5 Å². The number of H-pyrrole nitrogens is 1. The van der Waals surface area contributed by atoms with Crippen molar-refractivity contribution in [2.75, 3.05) is 5.32 Å². The minimum atomic E-state index is -4.82. The van der Waals surface area contributed by atoms with E-state index in [-0.39, 0.29) is 28.1 Å². The number of anilines is 1. The molecule has 0 saturated carbocycles. The van der Waals surface area contributed by atoms with E-state index in [9.17, 15) is 42.8 Å². The highest BCUT2D eigenvalue weighted by atomic mass is 19.4. The van der Waals surface area contributed by atoms with E-state index in [1.165, 1.54) is 18.2 Å². The summed E-state index contributed by atoms with van der Waals surface area (Å²) in [5, 5.41) is 20.8. The van der Waals surface area contributed by atoms with Gasteiger partial charge in [0.25, 0.3) is 11.5 Å². The zero-order valence-corrected chi connectivity index (χ0v) is 19.1. The minimum absolute atomic E-state index is 0.216. The van der Waals surface area contributed by atoms with Gasteiger partial charge < -0.3 is 15.5 Å². The van der Waals surface area contributed by atoms with Crippen molar-refractivity contribution >= 4 is 39.9 Å². The van der Waals surface area contributed by atoms with Gasteiger partial charge in [-0.15, -0.1) is 0 Å². The van der Waals surface area contributed by atoms with Crippen molar-refractivity contribution < 1.29 is 38.0 Å². The molecule has 4 aromatic rings. The molecule has 1 heterocycles. The number of benzene rings is 3. The van der Waals surface area contributed by atoms with E-state index in [4.69, 9.17) is 0 Å². The van der Waals surface area contributed by atoms with Crippen molar-refractivity contribution in [3.63, 3.8) is 0 Å². The van der Waals surface area contributed by atoms with Gasteiger partial charge in [0, 0.05) is 17.2 Å². The van der Waals surface area contributed by atoms with Gasteiger partial charge in [0.15, 0.2) is 11.5 Å². The van der Waals surface area contributed by atoms with Crippen LogP contribution in [0, 0.1) is 5.21 Å². The predicted molar refractivity (Wildman–Crippen MR) is 127 cm³/mol. The molecule has 1 unspecified atom stereocenters. The van der Waals surface area contributed by atoms with Crippen molar-refractivity contribution in [2.24, 2.45) is 0 Å². The molecule has 194 valence electrons. The number of rotatable bonds is 7. The molecule has 0 aliphatic carbocycles. The fraction of sp³-hybridized carbons (Fsp3) is 0.0800. The average molecular weight is 526 g/mol. The Morgan fingerprint density at radius 2 is 1.71 bits per heavy atom. The van der Waals surface area contributed by atoms with Gasteiger partial charge in [-0.3, -0.25) is 19.2 Å². The number of alkyl halides is 3. The summed E-state index contributed by atoms with van der Waals surface area (Å²) in [6.07, 6.45) is -5.59. The van der Waals surface area contributed by atoms with Crippen LogP contribution in [0.3, 0.4) is 0 Å². The van der Waals surface area contributed by atoms with Crippen molar-refractivity contribution in [1.29, 1.82) is 0 Å². The third-order valence-electron chi connectivity index (χ3n) is 5.47. The summed E-state index contributed by atoms with van der Waals surface area (Å²) in [5.41, 5.74) is -2.61. The van der Waals surface area contributed by atoms with E-state index < -0.39 is 52.0 Å². The first kappa shape index (κ1) is 26.3. The van der Waals surface area contributed by atoms with E-state index in [0.29, 0.717) is 23.8 Å². The first-order valence-electron chi connectivity index (χ1n) is 10.9. The van der Waals surface area contributed by atoms with Crippen LogP contribution in [0.5, 0.6) is 0 Å². The number of carbonyl (C=O) groups is 3. The van der Waals surface area contributed by atoms with Crippen LogP contribution in [0.2, 0.25) is 0 Å². The van der Waals surface area contributed by atoms with Crippen LogP contribution in [0.1, 0.15) is 27.2 Å². The molecule has 4 N–H and O–H groups in total. The molecular formula is C25H17F3N4O6. The summed E-state index contributed by atoms with van der Waals surface area (Å²) < 4.78 is 38.7. The molecule has 4 rings (SSSR count). The summed E-state index contributed by atoms with van der Waals surface area (Å²) in [5.74, 6) is -2.82. The minimum Gasteiger partial charge on any atom is -0.595 e. The zero-order chi connectivity index (χ0) is 27.6. The molecule has 0 aliphatic heterocycles. The second kappa shape index (κ2) is 10.3. The summed E-state index contributed by atoms with van der Waals surface area (Å²) in [6.45, 7) is 0. The zero-order valence-electron chi connectivity index (χ0n) is 19.1. The Hall–Kier alpha value is -4.72. The number of nitrogens with one attached hydrogen (secondary N) is 3. The van der Waals surface area contributed by atoms with E-state index in [0.717, 1.165) is 0 Å². The molecular weight excluding hydrogens is 509 g/mol. The molecule has 0 fully saturated rings. The van der Waals surface area contributed by atoms with Crippen LogP contribution in [0.4, 0.5) is 24.5 Å². The lowest BCUT2D eigenvalue weighted by Crippen LogP contribution is -2.99. The number of carbonyl (C=O) groups excluding carboxylic acids is 3. The van der Waals surface area contributed by atoms with Crippen LogP contribution >= 0.6 is 0 Å². The lowest BCUT2D eigenvalue weighted by molar-refractivity contribution is -0.990. The van der Waals surface area contributed by atoms with E-state index in [1.807, 2.05) is 5.32 Å². The van der Waals surface area contributed by atoms with Crippen LogP contribution in [-0.2, 0) is 22.2 Å². The van der Waals surface area contributed by atoms with E-state index in [1.54, 1.807) is 30.3 Å². The van der Waals surface area contributed by atoms with Crippen molar-refractivity contribution in [3.8, 4) is 0 Å². The molecule has 1 aromatic heterocycles. The van der Waals surface area contributed by atoms with Gasteiger partial charge in [-0.1, -0.05) is 30.3 Å². The maximum atomic E-state index is 12.9. The third kappa shape index (κ3) is 5.64. The number of hydrogen-bond acceptors (Lipinski definition) is 7. The number of nitrogens with zero attached hydrogens (tertiary/aromatic N) is 1. The topological polar surface area (TPSA) is 157 Å². The number of aromatic amines is 1. The highest BCUT2D eigenvalue weighted by molar-refractivity contribution is 6.41. The Bertz CT molecular complexity index is 1620. The molecule has 1 amide bonds. The standard InChI is InChI=1S/C25H17F3N4O6/c26-25(27,28)15-7-9-17(20(11-15)32(37)38)30-24(36)21(33)12-19-23(35)31-18-10-14(6-8-16(18)29-19)22(34)13-4-2-1-3-5-13/h1-11,32,37H,12H2,(H,30,36)(H,31,35). The second-order valence-electron chi connectivity index (χ2n) is 8.06. The molecule has 38 heavy (non-hydrogen) atoms. The highest BCUT2D eigenvalue weighted by Gasteiger charge is 2.32. The van der Waals surface area contributed by atoms with Gasteiger partial charge >= 0.3 is 6.18 Å². The molecule has 0 bridgehead atoms. The number of quaternary nitrogens is 1. The Morgan fingerprint density at radius 3 is 2.37 bits per heavy atom. The quantitative estimate of drug-likeness (QED) is 0.164. The monoisotopic (exact) mass is 526 g/mol. The van der Waals surface area contributed by atoms with Gasteiger partial charge in [0.05, 0.1) is 23.0 Å². The summed E-state index contributed by atoms with van der Waals surface area (Å²) >= 11 is 0. The molecule has 3 aromatic carbocycles. The Morgan fingerprint density at radius 1 is 1.00 bits per heavy atom. The smallest absolute Gasteiger partial charge is 0.416 e. The van der Waals surface area contributed by atoms with Gasteiger partial charge in [-0.05, 0) is 30.3 Å². The molecule has 0 saturated heterocycles. The van der Waals surface area contributed by atoms with Gasteiger partial charge in [-0.2, -0.15) is 18.4 Å². The predicted octanol–water partition coefficient (Wildman–Crippen LogP) is 2.33. The van der Waals surface area contributed by atoms with E-state index >= 15 is 0 Å². The number of hydrogen-bond donors (Lipinski definition) is 4. The number of halogens is 3. The Kier molecular flexibility index (Phi) is 7.17. The Labute approximate surface area is 210 Å². The van der Waals surface area contributed by atoms with Crippen molar-refractivity contribution in [1.82, 2.24) is 9.97 Å². The number of amides is 1. The summed E-state index contributed by atoms with van der Waals surface area (Å²) in [7, 11) is 0. The average Bonchev–Trinajstić information content (AvgIpc) is 2.88. The maximum Gasteiger partial charge on any atom is 0.416 e. The molecule has 13 heteroatoms. The first-order valence-corrected chi connectivity index (χ1v) is 10.9. The number of Topliss-reactive ketones (excluding diaryl/α,β-unsaturated/α-hetero) is 1. The molecule has 0 aliphatic rings. The number of fused-ring (bicyclic) bond motifs is 1. The molecule has 10 nitrogen and oxygen atoms in total. The normalized spacial score (nSPS) is 12.2. The lowest BCUT2D eigenvalue weighted by Gasteiger charge is -2.17. The fourth-order valence-corrected chi connectivity index (χ4v) is 3.57. The summed E-state index contributed by atoms with van der Waals surface area (Å²) in [4.78, 5) is 56.5. The molecule has 0 radical (unpaired) electrons. The van der Waals surface area contributed by atoms with E-state index in [2.05, 4.69) is 9.97 Å². The summed E-state index contributed by atoms with van der Waals surface area (Å²) in [6, 6.07) is 14.4. The van der Waals surface area contributed by atoms with Gasteiger partial charge in [0.1, 0.15) is 11.4 Å². The van der Waals surface area contributed by atoms with Gasteiger partial charge in [-0.25, -0.2) is 10.2 Å². The lowest BCUT2D eigenvalue weighted by atomic mass is 10.0. The van der Waals surface area contributed by atoms with Crippen molar-refractivity contribution in [3.05, 3.63) is 105 Å². The first-order chi connectivity index (χ1) is 17.9. The number of aromatic nitrogens is 2. The molecule has 1 atom stereocenters. The second-order valence-corrected chi connectivity index (χ2v) is 8.06. The van der Waals surface area contributed by atoms with Crippen LogP contribution < -0.4 is 16.1 Å². The van der Waals surface area contributed by atoms with Crippen LogP contribution in [0.25, 0.3) is 11.0 Å². The highest BCUT2D eigenvalue weighted by Crippen LogP contribution is 2.32. The molecule has 0 spiro atoms. The van der Waals surface area contributed by atoms with Gasteiger partial charge in [0.2, 0.25) is 5.78 Å². The maximum absolute atomic E-state index is 12.9. The number of ketones is 2. The van der Waals surface area contributed by atoms with Crippen LogP contribution in [-0.4, -0.2) is 32.6 Å². The Balaban J connectivity index is 1.53. The van der Waals surface area contributed by atoms with Crippen molar-refractivity contribution in [2.45, 2.75) is 12.6 Å². The SMILES string of the molecule is O=C(Cc1nc2ccc(C(=O)c3ccccc3)cc2[nH]c1=O)C(=O)Nc1ccc(C(F)(F)F)cc1[NH+]([O-])O. The third-order valence-corrected chi connectivity index (χ3v) is 5.47.